The van der Waals surface area contributed by atoms with Crippen molar-refractivity contribution in [2.45, 2.75) is 32.5 Å². The lowest BCUT2D eigenvalue weighted by Crippen LogP contribution is -2.35. The molecule has 0 amide bonds. The molecule has 1 aliphatic rings. The van der Waals surface area contributed by atoms with Crippen LogP contribution in [0.1, 0.15) is 25.0 Å². The number of benzene rings is 1. The summed E-state index contributed by atoms with van der Waals surface area (Å²) in [5, 5.41) is 20.4. The van der Waals surface area contributed by atoms with E-state index in [9.17, 15) is 15.2 Å². The highest BCUT2D eigenvalue weighted by atomic mass is 16.6. The third-order valence-corrected chi connectivity index (χ3v) is 2.80. The van der Waals surface area contributed by atoms with Gasteiger partial charge >= 0.3 is 0 Å². The van der Waals surface area contributed by atoms with Crippen LogP contribution in [0.3, 0.4) is 0 Å². The minimum atomic E-state index is -0.742. The fourth-order valence-electron chi connectivity index (χ4n) is 2.22. The molecule has 5 nitrogen and oxygen atoms in total. The Morgan fingerprint density at radius 2 is 2.06 bits per heavy atom. The smallest absolute Gasteiger partial charge is 0.269 e. The molecule has 0 aromatic heterocycles. The number of nitro benzene ring substituents is 1. The molecule has 1 aromatic rings. The second-order valence-corrected chi connectivity index (χ2v) is 5.17. The molecule has 0 atom stereocenters. The summed E-state index contributed by atoms with van der Waals surface area (Å²) in [6.45, 7) is 5.50. The second-order valence-electron chi connectivity index (χ2n) is 5.17. The van der Waals surface area contributed by atoms with Crippen LogP contribution in [-0.4, -0.2) is 27.1 Å². The predicted molar refractivity (Wildman–Crippen MR) is 63.5 cm³/mol. The highest BCUT2D eigenvalue weighted by Gasteiger charge is 2.25. The molecule has 2 rings (SSSR count). The summed E-state index contributed by atoms with van der Waals surface area (Å²) in [5.74, 6) is 0. The zero-order valence-electron chi connectivity index (χ0n) is 10.0. The average molecular weight is 236 g/mol. The SMILES string of the molecule is CC(C)(O)CN1Cc2ccc([N+](=O)[O-])cc2C1. The van der Waals surface area contributed by atoms with E-state index in [1.807, 2.05) is 0 Å². The summed E-state index contributed by atoms with van der Waals surface area (Å²) < 4.78 is 0. The number of β-amino-alcohol motifs (C(OH)–C–C–N with tert-alkyl or cyclic N) is 1. The first kappa shape index (κ1) is 12.0. The molecule has 0 saturated carbocycles. The van der Waals surface area contributed by atoms with E-state index in [2.05, 4.69) is 4.90 Å². The summed E-state index contributed by atoms with van der Waals surface area (Å²) in [6, 6.07) is 4.96. The molecule has 0 bridgehead atoms. The van der Waals surface area contributed by atoms with E-state index in [1.54, 1.807) is 26.0 Å². The lowest BCUT2D eigenvalue weighted by Gasteiger charge is -2.24. The number of nitrogens with zero attached hydrogens (tertiary/aromatic N) is 2. The van der Waals surface area contributed by atoms with Crippen LogP contribution in [0.4, 0.5) is 5.69 Å². The van der Waals surface area contributed by atoms with Gasteiger partial charge in [0.05, 0.1) is 10.5 Å². The summed E-state index contributed by atoms with van der Waals surface area (Å²) >= 11 is 0. The van der Waals surface area contributed by atoms with Crippen LogP contribution >= 0.6 is 0 Å². The van der Waals surface area contributed by atoms with E-state index in [0.29, 0.717) is 13.1 Å². The predicted octanol–water partition coefficient (Wildman–Crippen LogP) is 1.68. The summed E-state index contributed by atoms with van der Waals surface area (Å²) in [7, 11) is 0. The van der Waals surface area contributed by atoms with Crippen LogP contribution in [0.25, 0.3) is 0 Å². The van der Waals surface area contributed by atoms with Gasteiger partial charge < -0.3 is 5.11 Å². The van der Waals surface area contributed by atoms with E-state index in [1.165, 1.54) is 6.07 Å². The Kier molecular flexibility index (Phi) is 2.89. The van der Waals surface area contributed by atoms with Gasteiger partial charge in [-0.1, -0.05) is 6.07 Å². The molecule has 1 N–H and O–H groups in total. The molecule has 0 spiro atoms. The van der Waals surface area contributed by atoms with Crippen LogP contribution in [0.5, 0.6) is 0 Å². The minimum Gasteiger partial charge on any atom is -0.389 e. The van der Waals surface area contributed by atoms with E-state index >= 15 is 0 Å². The number of non-ortho nitro benzene ring substituents is 1. The maximum atomic E-state index is 10.7. The molecule has 1 aromatic carbocycles. The van der Waals surface area contributed by atoms with Crippen molar-refractivity contribution in [2.24, 2.45) is 0 Å². The largest absolute Gasteiger partial charge is 0.389 e. The Morgan fingerprint density at radius 3 is 2.65 bits per heavy atom. The van der Waals surface area contributed by atoms with Crippen molar-refractivity contribution in [1.82, 2.24) is 4.90 Å². The van der Waals surface area contributed by atoms with E-state index < -0.39 is 5.60 Å². The van der Waals surface area contributed by atoms with Crippen molar-refractivity contribution in [3.05, 3.63) is 39.4 Å². The Bertz CT molecular complexity index is 452. The molecular weight excluding hydrogens is 220 g/mol. The summed E-state index contributed by atoms with van der Waals surface area (Å²) in [5.41, 5.74) is 1.49. The molecule has 92 valence electrons. The van der Waals surface area contributed by atoms with Gasteiger partial charge in [0, 0.05) is 31.8 Å². The van der Waals surface area contributed by atoms with Gasteiger partial charge in [-0.2, -0.15) is 0 Å². The molecule has 0 fully saturated rings. The lowest BCUT2D eigenvalue weighted by atomic mass is 10.1. The Morgan fingerprint density at radius 1 is 1.41 bits per heavy atom. The first-order valence-corrected chi connectivity index (χ1v) is 5.56. The molecular formula is C12H16N2O3. The van der Waals surface area contributed by atoms with Gasteiger partial charge in [-0.25, -0.2) is 0 Å². The Labute approximate surface area is 99.8 Å². The van der Waals surface area contributed by atoms with Crippen molar-refractivity contribution in [3.8, 4) is 0 Å². The van der Waals surface area contributed by atoms with E-state index in [-0.39, 0.29) is 10.6 Å². The minimum absolute atomic E-state index is 0.133. The monoisotopic (exact) mass is 236 g/mol. The van der Waals surface area contributed by atoms with Crippen molar-refractivity contribution in [1.29, 1.82) is 0 Å². The second kappa shape index (κ2) is 4.09. The first-order chi connectivity index (χ1) is 7.85. The van der Waals surface area contributed by atoms with Gasteiger partial charge in [0.2, 0.25) is 0 Å². The fraction of sp³-hybridized carbons (Fsp3) is 0.500. The molecule has 0 unspecified atom stereocenters. The Hall–Kier alpha value is -1.46. The van der Waals surface area contributed by atoms with Crippen molar-refractivity contribution in [3.63, 3.8) is 0 Å². The standard InChI is InChI=1S/C12H16N2O3/c1-12(2,15)8-13-6-9-3-4-11(14(16)17)5-10(9)7-13/h3-5,15H,6-8H2,1-2H3. The number of nitro groups is 1. The number of hydrogen-bond donors (Lipinski definition) is 1. The number of aliphatic hydroxyl groups is 1. The quantitative estimate of drug-likeness (QED) is 0.640. The average Bonchev–Trinajstić information content (AvgIpc) is 2.54. The highest BCUT2D eigenvalue weighted by Crippen LogP contribution is 2.27. The van der Waals surface area contributed by atoms with Crippen LogP contribution in [0.2, 0.25) is 0 Å². The molecule has 1 aliphatic heterocycles. The maximum absolute atomic E-state index is 10.7. The topological polar surface area (TPSA) is 66.6 Å². The first-order valence-electron chi connectivity index (χ1n) is 5.56. The van der Waals surface area contributed by atoms with Crippen LogP contribution < -0.4 is 0 Å². The number of rotatable bonds is 3. The Balaban J connectivity index is 2.14. The lowest BCUT2D eigenvalue weighted by molar-refractivity contribution is -0.384. The van der Waals surface area contributed by atoms with Gasteiger partial charge in [-0.3, -0.25) is 15.0 Å². The van der Waals surface area contributed by atoms with Crippen LogP contribution in [-0.2, 0) is 13.1 Å². The molecule has 5 heteroatoms. The zero-order valence-corrected chi connectivity index (χ0v) is 10.0. The van der Waals surface area contributed by atoms with Gasteiger partial charge in [-0.15, -0.1) is 0 Å². The van der Waals surface area contributed by atoms with Crippen LogP contribution in [0, 0.1) is 10.1 Å². The number of hydrogen-bond acceptors (Lipinski definition) is 4. The molecule has 1 heterocycles. The summed E-state index contributed by atoms with van der Waals surface area (Å²) in [4.78, 5) is 12.4. The number of fused-ring (bicyclic) bond motifs is 1. The normalized spacial score (nSPS) is 15.9. The third kappa shape index (κ3) is 2.81. The fourth-order valence-corrected chi connectivity index (χ4v) is 2.22. The van der Waals surface area contributed by atoms with Crippen molar-refractivity contribution < 1.29 is 10.0 Å². The van der Waals surface area contributed by atoms with Crippen LogP contribution in [0.15, 0.2) is 18.2 Å². The molecule has 17 heavy (non-hydrogen) atoms. The van der Waals surface area contributed by atoms with Gasteiger partial charge in [0.1, 0.15) is 0 Å². The zero-order chi connectivity index (χ0) is 12.6. The van der Waals surface area contributed by atoms with Crippen molar-refractivity contribution >= 4 is 5.69 Å². The molecule has 0 saturated heterocycles. The van der Waals surface area contributed by atoms with E-state index in [4.69, 9.17) is 0 Å². The van der Waals surface area contributed by atoms with Crippen molar-refractivity contribution in [2.75, 3.05) is 6.54 Å². The van der Waals surface area contributed by atoms with E-state index in [0.717, 1.165) is 17.7 Å². The van der Waals surface area contributed by atoms with Gasteiger partial charge in [-0.05, 0) is 25.0 Å². The molecule has 0 radical (unpaired) electrons. The van der Waals surface area contributed by atoms with Gasteiger partial charge in [0.15, 0.2) is 0 Å². The third-order valence-electron chi connectivity index (χ3n) is 2.80. The molecule has 0 aliphatic carbocycles. The maximum Gasteiger partial charge on any atom is 0.269 e. The summed E-state index contributed by atoms with van der Waals surface area (Å²) in [6.07, 6.45) is 0. The highest BCUT2D eigenvalue weighted by molar-refractivity contribution is 5.41. The van der Waals surface area contributed by atoms with Gasteiger partial charge in [0.25, 0.3) is 5.69 Å².